The third kappa shape index (κ3) is 11.7. The van der Waals surface area contributed by atoms with Crippen molar-refractivity contribution >= 4 is 16.6 Å². The van der Waals surface area contributed by atoms with Crippen molar-refractivity contribution in [2.45, 2.75) is 145 Å². The number of dihydropyridines is 1. The van der Waals surface area contributed by atoms with Gasteiger partial charge in [0.1, 0.15) is 30.1 Å². The van der Waals surface area contributed by atoms with Gasteiger partial charge in [0.15, 0.2) is 11.5 Å². The number of aromatic nitrogens is 1. The van der Waals surface area contributed by atoms with Gasteiger partial charge in [0.2, 0.25) is 0 Å². The largest absolute Gasteiger partial charge is 0.508 e. The monoisotopic (exact) mass is 1110 g/mol. The van der Waals surface area contributed by atoms with Crippen LogP contribution in [-0.2, 0) is 57.5 Å². The third-order valence-electron chi connectivity index (χ3n) is 18.8. The van der Waals surface area contributed by atoms with E-state index >= 15 is 0 Å². The predicted octanol–water partition coefficient (Wildman–Crippen LogP) is 10.4. The SMILES string of the molecule is OCCCOCNC1C=C2C#CC(CCc3ccc(O)c(Cc4cccc(O)c4)c3)CCCC3CC(O)CCc4cc(c(O)cc4CO)OCc4cc(C56CCOCC5CC5(CCCC5)c5ccccc56)cc5cn(cc45)C(=C2CO3)N1. The second kappa shape index (κ2) is 24.7. The van der Waals surface area contributed by atoms with Gasteiger partial charge in [-0.25, -0.2) is 0 Å². The van der Waals surface area contributed by atoms with Crippen LogP contribution in [0.4, 0.5) is 0 Å². The van der Waals surface area contributed by atoms with Gasteiger partial charge in [-0.2, -0.15) is 0 Å². The molecular weight excluding hydrogens is 1030 g/mol. The second-order valence-corrected chi connectivity index (χ2v) is 24.0. The number of aliphatic hydroxyl groups excluding tert-OH is 3. The summed E-state index contributed by atoms with van der Waals surface area (Å²) >= 11 is 0. The first-order chi connectivity index (χ1) is 40.1. The van der Waals surface area contributed by atoms with Crippen LogP contribution in [0.5, 0.6) is 23.0 Å². The number of nitrogens with one attached hydrogen (secondary N) is 2. The van der Waals surface area contributed by atoms with Gasteiger partial charge in [-0.3, -0.25) is 5.32 Å². The molecule has 430 valence electrons. The minimum absolute atomic E-state index is 0.0138. The zero-order chi connectivity index (χ0) is 56.2. The number of hydrogen-bond donors (Lipinski definition) is 8. The van der Waals surface area contributed by atoms with Crippen molar-refractivity contribution in [1.82, 2.24) is 15.2 Å². The smallest absolute Gasteiger partial charge is 0.161 e. The van der Waals surface area contributed by atoms with Gasteiger partial charge in [0.25, 0.3) is 0 Å². The molecule has 5 aromatic carbocycles. The summed E-state index contributed by atoms with van der Waals surface area (Å²) in [5.41, 5.74) is 10.9. The lowest BCUT2D eigenvalue weighted by atomic mass is 9.51. The summed E-state index contributed by atoms with van der Waals surface area (Å²) in [5, 5.41) is 74.0. The van der Waals surface area contributed by atoms with Crippen molar-refractivity contribution in [1.29, 1.82) is 0 Å². The molecule has 6 atom stereocenters. The zero-order valence-corrected chi connectivity index (χ0v) is 47.0. The molecule has 2 fully saturated rings. The number of aryl methyl sites for hydroxylation is 2. The Morgan fingerprint density at radius 2 is 1.70 bits per heavy atom. The van der Waals surface area contributed by atoms with Gasteiger partial charge in [-0.15, -0.1) is 0 Å². The van der Waals surface area contributed by atoms with Gasteiger partial charge < -0.3 is 59.5 Å². The van der Waals surface area contributed by atoms with Crippen LogP contribution in [-0.4, -0.2) is 93.3 Å². The number of ether oxygens (including phenoxy) is 4. The van der Waals surface area contributed by atoms with E-state index in [1.807, 2.05) is 24.3 Å². The normalized spacial score (nSPS) is 24.3. The molecule has 0 radical (unpaired) electrons. The molecule has 8 N–H and O–H groups in total. The van der Waals surface area contributed by atoms with Gasteiger partial charge in [0, 0.05) is 65.3 Å². The summed E-state index contributed by atoms with van der Waals surface area (Å²) in [5.74, 6) is 9.25. The van der Waals surface area contributed by atoms with Crippen LogP contribution >= 0.6 is 0 Å². The van der Waals surface area contributed by atoms with Crippen molar-refractivity contribution < 1.29 is 49.6 Å². The summed E-state index contributed by atoms with van der Waals surface area (Å²) in [6.45, 7) is 2.16. The van der Waals surface area contributed by atoms with Gasteiger partial charge in [-0.1, -0.05) is 79.3 Å². The molecule has 5 heterocycles. The highest BCUT2D eigenvalue weighted by atomic mass is 16.5. The molecule has 6 aromatic rings. The Bertz CT molecular complexity index is 3400. The number of fused-ring (bicyclic) bond motifs is 10. The molecule has 1 saturated carbocycles. The second-order valence-electron chi connectivity index (χ2n) is 24.0. The molecule has 4 aliphatic heterocycles. The molecule has 1 aromatic heterocycles. The summed E-state index contributed by atoms with van der Waals surface area (Å²) in [6.07, 6.45) is 18.1. The predicted molar refractivity (Wildman–Crippen MR) is 316 cm³/mol. The van der Waals surface area contributed by atoms with Crippen molar-refractivity contribution in [3.63, 3.8) is 0 Å². The molecule has 12 rings (SSSR count). The van der Waals surface area contributed by atoms with E-state index in [0.29, 0.717) is 69.7 Å². The number of rotatable bonds is 13. The number of benzene rings is 5. The molecule has 2 aliphatic carbocycles. The Hall–Kier alpha value is -6.60. The highest BCUT2D eigenvalue weighted by molar-refractivity contribution is 5.89. The molecule has 6 bridgehead atoms. The lowest BCUT2D eigenvalue weighted by Crippen LogP contribution is -2.51. The minimum atomic E-state index is -0.716. The van der Waals surface area contributed by atoms with E-state index in [9.17, 15) is 30.6 Å². The van der Waals surface area contributed by atoms with Crippen molar-refractivity contribution in [2.75, 3.05) is 39.8 Å². The molecule has 6 aliphatic rings. The number of aliphatic hydroxyl groups is 3. The minimum Gasteiger partial charge on any atom is -0.508 e. The van der Waals surface area contributed by atoms with Crippen LogP contribution in [0.15, 0.2) is 121 Å². The summed E-state index contributed by atoms with van der Waals surface area (Å²) in [4.78, 5) is 0. The molecular formula is C69H79N3O10. The van der Waals surface area contributed by atoms with Crippen molar-refractivity contribution in [2.24, 2.45) is 11.8 Å². The van der Waals surface area contributed by atoms with Gasteiger partial charge >= 0.3 is 0 Å². The fourth-order valence-corrected chi connectivity index (χ4v) is 14.6. The summed E-state index contributed by atoms with van der Waals surface area (Å²) in [6, 6.07) is 30.4. The fourth-order valence-electron chi connectivity index (χ4n) is 14.6. The first-order valence-corrected chi connectivity index (χ1v) is 30.0. The number of aromatic hydroxyl groups is 3. The van der Waals surface area contributed by atoms with Crippen LogP contribution < -0.4 is 15.4 Å². The van der Waals surface area contributed by atoms with Crippen LogP contribution in [0.25, 0.3) is 16.6 Å². The highest BCUT2D eigenvalue weighted by Crippen LogP contribution is 2.60. The Balaban J connectivity index is 0.976. The van der Waals surface area contributed by atoms with Gasteiger partial charge in [-0.05, 0) is 187 Å². The van der Waals surface area contributed by atoms with Crippen molar-refractivity contribution in [3.8, 4) is 34.8 Å². The number of phenols is 3. The maximum absolute atomic E-state index is 11.9. The third-order valence-corrected chi connectivity index (χ3v) is 18.8. The lowest BCUT2D eigenvalue weighted by molar-refractivity contribution is -0.00873. The van der Waals surface area contributed by atoms with E-state index in [1.165, 1.54) is 42.4 Å². The van der Waals surface area contributed by atoms with E-state index in [0.717, 1.165) is 94.1 Å². The van der Waals surface area contributed by atoms with Gasteiger partial charge in [0.05, 0.1) is 45.4 Å². The maximum Gasteiger partial charge on any atom is 0.161 e. The molecule has 13 nitrogen and oxygen atoms in total. The van der Waals surface area contributed by atoms with Crippen LogP contribution in [0, 0.1) is 23.7 Å². The average Bonchev–Trinajstić information content (AvgIpc) is 1.43. The topological polar surface area (TPSA) is 187 Å². The van der Waals surface area contributed by atoms with E-state index in [-0.39, 0.29) is 79.2 Å². The van der Waals surface area contributed by atoms with Crippen molar-refractivity contribution in [3.05, 3.63) is 171 Å². The number of hydrogen-bond acceptors (Lipinski definition) is 12. The van der Waals surface area contributed by atoms with Crippen LogP contribution in [0.1, 0.15) is 134 Å². The average molecular weight is 1110 g/mol. The summed E-state index contributed by atoms with van der Waals surface area (Å²) in [7, 11) is 0. The summed E-state index contributed by atoms with van der Waals surface area (Å²) < 4.78 is 28.4. The Morgan fingerprint density at radius 1 is 0.817 bits per heavy atom. The first kappa shape index (κ1) is 55.9. The van der Waals surface area contributed by atoms with E-state index in [4.69, 9.17) is 18.9 Å². The lowest BCUT2D eigenvalue weighted by Gasteiger charge is -2.54. The standard InChI is InChI=1S/C69H79N3O10/c73-25-7-26-80-44-70-66-35-49-18-16-45(14-15-46-17-21-63(77)50(28-46)29-47-9-5-10-56(75)30-47)8-6-11-58-36-57(76)20-19-48-34-65(64(78)33-52(48)40-74)82-41-53-32-54(31-51-38-72(39-59(51)53)67(71-66)60(49)43-81-58)69-24-27-79-42-55(69)37-68(22-3-4-23-68)61-12-1-2-13-62(61)69/h1-2,5,9-10,12-13,17,21,28,30-35,38-39,45,55,57-58,66,70-71,73-78H,3-4,6-8,11,14-15,19-20,22-27,29,36-37,40-44H2. The number of nitrogens with zero attached hydrogens (tertiary/aromatic N) is 1. The van der Waals surface area contributed by atoms with E-state index in [1.54, 1.807) is 24.3 Å². The quantitative estimate of drug-likeness (QED) is 0.0311. The van der Waals surface area contributed by atoms with Crippen LogP contribution in [0.3, 0.4) is 0 Å². The number of phenolic OH excluding ortho intramolecular Hbond substituents is 3. The Kier molecular flexibility index (Phi) is 16.8. The fraction of sp³-hybridized carbons (Fsp3) is 0.449. The van der Waals surface area contributed by atoms with Crippen LogP contribution in [0.2, 0.25) is 0 Å². The molecule has 13 heteroatoms. The molecule has 0 amide bonds. The molecule has 1 saturated heterocycles. The first-order valence-electron chi connectivity index (χ1n) is 30.0. The molecule has 82 heavy (non-hydrogen) atoms. The van der Waals surface area contributed by atoms with E-state index < -0.39 is 12.3 Å². The molecule has 1 spiro atoms. The Labute approximate surface area is 481 Å². The molecule has 6 unspecified atom stereocenters. The zero-order valence-electron chi connectivity index (χ0n) is 47.0. The maximum atomic E-state index is 11.9. The highest BCUT2D eigenvalue weighted by Gasteiger charge is 2.55. The Morgan fingerprint density at radius 3 is 2.55 bits per heavy atom. The van der Waals surface area contributed by atoms with E-state index in [2.05, 4.69) is 88.0 Å².